The molecule has 4 heteroatoms. The van der Waals surface area contributed by atoms with Crippen LogP contribution < -0.4 is 0 Å². The van der Waals surface area contributed by atoms with Gasteiger partial charge in [0, 0.05) is 13.1 Å². The molecular formula is C6H11NO3. The number of hydrogen-bond acceptors (Lipinski definition) is 3. The van der Waals surface area contributed by atoms with Crippen LogP contribution in [0, 0.1) is 0 Å². The van der Waals surface area contributed by atoms with E-state index >= 15 is 0 Å². The molecule has 58 valence electrons. The van der Waals surface area contributed by atoms with Crippen LogP contribution >= 0.6 is 0 Å². The van der Waals surface area contributed by atoms with Crippen molar-refractivity contribution < 1.29 is 14.7 Å². The maximum absolute atomic E-state index is 10.0. The second-order valence-electron chi connectivity index (χ2n) is 2.35. The molecule has 0 aromatic carbocycles. The van der Waals surface area contributed by atoms with Crippen LogP contribution in [-0.2, 0) is 4.84 Å². The first-order valence-electron chi connectivity index (χ1n) is 3.45. The number of piperidine rings is 1. The average molecular weight is 145 g/mol. The SMILES string of the molecule is O=C(O)ON1CCCCC1. The van der Waals surface area contributed by atoms with Crippen LogP contribution in [0.1, 0.15) is 19.3 Å². The molecule has 1 heterocycles. The van der Waals surface area contributed by atoms with E-state index in [0.29, 0.717) is 0 Å². The second-order valence-corrected chi connectivity index (χ2v) is 2.35. The van der Waals surface area contributed by atoms with Gasteiger partial charge in [-0.1, -0.05) is 6.42 Å². The fourth-order valence-electron chi connectivity index (χ4n) is 1.07. The maximum atomic E-state index is 10.0. The summed E-state index contributed by atoms with van der Waals surface area (Å²) in [5, 5.41) is 9.69. The summed E-state index contributed by atoms with van der Waals surface area (Å²) in [5.41, 5.74) is 0. The molecule has 0 bridgehead atoms. The van der Waals surface area contributed by atoms with Gasteiger partial charge in [0.05, 0.1) is 0 Å². The van der Waals surface area contributed by atoms with E-state index in [2.05, 4.69) is 4.84 Å². The Hall–Kier alpha value is -0.770. The van der Waals surface area contributed by atoms with Crippen LogP contribution in [0.5, 0.6) is 0 Å². The first-order valence-corrected chi connectivity index (χ1v) is 3.45. The third-order valence-electron chi connectivity index (χ3n) is 1.52. The van der Waals surface area contributed by atoms with Gasteiger partial charge in [-0.3, -0.25) is 0 Å². The van der Waals surface area contributed by atoms with Gasteiger partial charge in [-0.05, 0) is 12.8 Å². The number of hydroxylamine groups is 2. The molecule has 0 aromatic heterocycles. The Morgan fingerprint density at radius 3 is 2.40 bits per heavy atom. The molecule has 1 rings (SSSR count). The van der Waals surface area contributed by atoms with E-state index in [1.54, 1.807) is 0 Å². The van der Waals surface area contributed by atoms with Gasteiger partial charge in [-0.2, -0.15) is 0 Å². The Kier molecular flexibility index (Phi) is 2.50. The lowest BCUT2D eigenvalue weighted by molar-refractivity contribution is -0.129. The minimum Gasteiger partial charge on any atom is -0.448 e. The third kappa shape index (κ3) is 2.23. The van der Waals surface area contributed by atoms with Crippen molar-refractivity contribution in [2.24, 2.45) is 0 Å². The molecule has 0 amide bonds. The minimum atomic E-state index is -1.21. The molecular weight excluding hydrogens is 134 g/mol. The number of nitrogens with zero attached hydrogens (tertiary/aromatic N) is 1. The fraction of sp³-hybridized carbons (Fsp3) is 0.833. The van der Waals surface area contributed by atoms with Gasteiger partial charge in [-0.15, -0.1) is 5.06 Å². The molecule has 0 saturated carbocycles. The van der Waals surface area contributed by atoms with Crippen LogP contribution in [0.15, 0.2) is 0 Å². The molecule has 0 unspecified atom stereocenters. The predicted octanol–water partition coefficient (Wildman–Crippen LogP) is 1.08. The molecule has 1 aliphatic rings. The van der Waals surface area contributed by atoms with Gasteiger partial charge in [-0.25, -0.2) is 4.79 Å². The Bertz CT molecular complexity index is 120. The van der Waals surface area contributed by atoms with Crippen LogP contribution in [0.4, 0.5) is 4.79 Å². The molecule has 1 fully saturated rings. The van der Waals surface area contributed by atoms with Crippen molar-refractivity contribution in [1.29, 1.82) is 0 Å². The van der Waals surface area contributed by atoms with E-state index in [1.165, 1.54) is 11.5 Å². The van der Waals surface area contributed by atoms with E-state index < -0.39 is 6.16 Å². The zero-order valence-corrected chi connectivity index (χ0v) is 5.75. The summed E-state index contributed by atoms with van der Waals surface area (Å²) in [5.74, 6) is 0. The summed E-state index contributed by atoms with van der Waals surface area (Å²) in [6.45, 7) is 1.48. The molecule has 0 aromatic rings. The van der Waals surface area contributed by atoms with Crippen molar-refractivity contribution in [2.75, 3.05) is 13.1 Å². The van der Waals surface area contributed by atoms with E-state index in [1.807, 2.05) is 0 Å². The number of carbonyl (C=O) groups is 1. The summed E-state index contributed by atoms with van der Waals surface area (Å²) >= 11 is 0. The standard InChI is InChI=1S/C6H11NO3/c8-6(9)10-7-4-2-1-3-5-7/h1-5H2,(H,8,9). The molecule has 1 aliphatic heterocycles. The van der Waals surface area contributed by atoms with Gasteiger partial charge in [0.1, 0.15) is 0 Å². The van der Waals surface area contributed by atoms with E-state index in [9.17, 15) is 4.79 Å². The van der Waals surface area contributed by atoms with Crippen molar-refractivity contribution in [3.63, 3.8) is 0 Å². The Labute approximate surface area is 59.3 Å². The van der Waals surface area contributed by atoms with Crippen molar-refractivity contribution in [2.45, 2.75) is 19.3 Å². The number of rotatable bonds is 1. The van der Waals surface area contributed by atoms with E-state index in [4.69, 9.17) is 5.11 Å². The summed E-state index contributed by atoms with van der Waals surface area (Å²) in [4.78, 5) is 14.4. The lowest BCUT2D eigenvalue weighted by Gasteiger charge is -2.22. The zero-order valence-electron chi connectivity index (χ0n) is 5.75. The molecule has 4 nitrogen and oxygen atoms in total. The smallest absolute Gasteiger partial charge is 0.448 e. The van der Waals surface area contributed by atoms with Crippen LogP contribution in [0.25, 0.3) is 0 Å². The highest BCUT2D eigenvalue weighted by Gasteiger charge is 2.13. The molecule has 0 atom stereocenters. The molecule has 0 radical (unpaired) electrons. The zero-order chi connectivity index (χ0) is 7.40. The van der Waals surface area contributed by atoms with Gasteiger partial charge >= 0.3 is 6.16 Å². The summed E-state index contributed by atoms with van der Waals surface area (Å²) in [7, 11) is 0. The highest BCUT2D eigenvalue weighted by Crippen LogP contribution is 2.08. The van der Waals surface area contributed by atoms with Crippen molar-refractivity contribution in [3.8, 4) is 0 Å². The summed E-state index contributed by atoms with van der Waals surface area (Å²) in [6, 6.07) is 0. The Morgan fingerprint density at radius 1 is 1.30 bits per heavy atom. The first kappa shape index (κ1) is 7.34. The minimum absolute atomic E-state index is 0.742. The van der Waals surface area contributed by atoms with E-state index in [0.717, 1.165) is 25.9 Å². The number of hydrogen-bond donors (Lipinski definition) is 1. The molecule has 0 spiro atoms. The molecule has 1 saturated heterocycles. The topological polar surface area (TPSA) is 49.8 Å². The van der Waals surface area contributed by atoms with Gasteiger partial charge < -0.3 is 9.94 Å². The van der Waals surface area contributed by atoms with Crippen LogP contribution in [-0.4, -0.2) is 29.4 Å². The first-order chi connectivity index (χ1) is 4.79. The Balaban J connectivity index is 2.19. The van der Waals surface area contributed by atoms with Crippen molar-refractivity contribution in [3.05, 3.63) is 0 Å². The lowest BCUT2D eigenvalue weighted by Crippen LogP contribution is -2.31. The third-order valence-corrected chi connectivity index (χ3v) is 1.52. The quantitative estimate of drug-likeness (QED) is 0.599. The fourth-order valence-corrected chi connectivity index (χ4v) is 1.07. The molecule has 0 aliphatic carbocycles. The maximum Gasteiger partial charge on any atom is 0.525 e. The highest BCUT2D eigenvalue weighted by atomic mass is 16.8. The van der Waals surface area contributed by atoms with Gasteiger partial charge in [0.2, 0.25) is 0 Å². The molecule has 10 heavy (non-hydrogen) atoms. The molecule has 1 N–H and O–H groups in total. The van der Waals surface area contributed by atoms with Crippen LogP contribution in [0.3, 0.4) is 0 Å². The normalized spacial score (nSPS) is 20.4. The van der Waals surface area contributed by atoms with E-state index in [-0.39, 0.29) is 0 Å². The van der Waals surface area contributed by atoms with Crippen molar-refractivity contribution in [1.82, 2.24) is 5.06 Å². The summed E-state index contributed by atoms with van der Waals surface area (Å²) < 4.78 is 0. The number of carboxylic acid groups (broad SMARTS) is 1. The lowest BCUT2D eigenvalue weighted by atomic mass is 10.2. The predicted molar refractivity (Wildman–Crippen MR) is 34.5 cm³/mol. The van der Waals surface area contributed by atoms with Crippen molar-refractivity contribution >= 4 is 6.16 Å². The average Bonchev–Trinajstić information content (AvgIpc) is 1.88. The summed E-state index contributed by atoms with van der Waals surface area (Å²) in [6.07, 6.45) is 2.04. The second kappa shape index (κ2) is 3.41. The largest absolute Gasteiger partial charge is 0.525 e. The Morgan fingerprint density at radius 2 is 1.90 bits per heavy atom. The van der Waals surface area contributed by atoms with Gasteiger partial charge in [0.25, 0.3) is 0 Å². The van der Waals surface area contributed by atoms with Gasteiger partial charge in [0.15, 0.2) is 0 Å². The highest BCUT2D eigenvalue weighted by molar-refractivity contribution is 5.56. The monoisotopic (exact) mass is 145 g/mol. The van der Waals surface area contributed by atoms with Crippen LogP contribution in [0.2, 0.25) is 0 Å².